The molecule has 4 heteroatoms. The maximum Gasteiger partial charge on any atom is 0.421 e. The van der Waals surface area contributed by atoms with E-state index >= 15 is 0 Å². The van der Waals surface area contributed by atoms with E-state index in [1.165, 1.54) is 31.2 Å². The maximum absolute atomic E-state index is 12.5. The molecule has 14 heavy (non-hydrogen) atoms. The Morgan fingerprint density at radius 2 is 1.64 bits per heavy atom. The predicted octanol–water partition coefficient (Wildman–Crippen LogP) is 2.85. The molecule has 1 aromatic rings. The van der Waals surface area contributed by atoms with Gasteiger partial charge in [0.15, 0.2) is 5.60 Å². The van der Waals surface area contributed by atoms with Gasteiger partial charge in [0.25, 0.3) is 0 Å². The van der Waals surface area contributed by atoms with E-state index in [0.29, 0.717) is 0 Å². The molecule has 0 aliphatic rings. The summed E-state index contributed by atoms with van der Waals surface area (Å²) < 4.78 is 37.6. The van der Waals surface area contributed by atoms with Gasteiger partial charge >= 0.3 is 6.18 Å². The smallest absolute Gasteiger partial charge is 0.376 e. The van der Waals surface area contributed by atoms with E-state index in [0.717, 1.165) is 0 Å². The Morgan fingerprint density at radius 3 is 2.00 bits per heavy atom. The van der Waals surface area contributed by atoms with Crippen molar-refractivity contribution in [2.45, 2.75) is 25.1 Å². The molecule has 0 bridgehead atoms. The van der Waals surface area contributed by atoms with E-state index in [4.69, 9.17) is 0 Å². The van der Waals surface area contributed by atoms with Gasteiger partial charge in [-0.25, -0.2) is 0 Å². The van der Waals surface area contributed by atoms with Crippen molar-refractivity contribution >= 4 is 0 Å². The Balaban J connectivity index is 3.15. The average Bonchev–Trinajstić information content (AvgIpc) is 2.16. The van der Waals surface area contributed by atoms with Crippen LogP contribution in [0.25, 0.3) is 0 Å². The molecule has 78 valence electrons. The Labute approximate surface area is 80.2 Å². The molecule has 1 nitrogen and oxygen atoms in total. The van der Waals surface area contributed by atoms with Gasteiger partial charge < -0.3 is 5.11 Å². The quantitative estimate of drug-likeness (QED) is 0.785. The van der Waals surface area contributed by atoms with Crippen LogP contribution in [-0.2, 0) is 5.60 Å². The highest BCUT2D eigenvalue weighted by Gasteiger charge is 2.53. The minimum Gasteiger partial charge on any atom is -0.376 e. The van der Waals surface area contributed by atoms with Gasteiger partial charge in [0.1, 0.15) is 0 Å². The van der Waals surface area contributed by atoms with Crippen molar-refractivity contribution in [2.24, 2.45) is 0 Å². The molecule has 0 radical (unpaired) electrons. The van der Waals surface area contributed by atoms with E-state index in [9.17, 15) is 18.3 Å². The van der Waals surface area contributed by atoms with Crippen LogP contribution in [0, 0.1) is 0 Å². The van der Waals surface area contributed by atoms with Crippen molar-refractivity contribution in [3.05, 3.63) is 35.9 Å². The van der Waals surface area contributed by atoms with E-state index in [1.807, 2.05) is 0 Å². The fourth-order valence-corrected chi connectivity index (χ4v) is 1.28. The van der Waals surface area contributed by atoms with Crippen molar-refractivity contribution in [3.8, 4) is 0 Å². The lowest BCUT2D eigenvalue weighted by Crippen LogP contribution is -2.41. The number of hydrogen-bond acceptors (Lipinski definition) is 1. The lowest BCUT2D eigenvalue weighted by Gasteiger charge is -2.29. The Kier molecular flexibility index (Phi) is 2.85. The minimum atomic E-state index is -4.64. The highest BCUT2D eigenvalue weighted by atomic mass is 19.4. The molecule has 0 saturated carbocycles. The van der Waals surface area contributed by atoms with Crippen LogP contribution < -0.4 is 0 Å². The van der Waals surface area contributed by atoms with E-state index in [1.54, 1.807) is 6.07 Å². The zero-order valence-corrected chi connectivity index (χ0v) is 7.67. The molecule has 0 aromatic heterocycles. The van der Waals surface area contributed by atoms with Crippen LogP contribution in [0.15, 0.2) is 30.3 Å². The number of hydrogen-bond donors (Lipinski definition) is 1. The van der Waals surface area contributed by atoms with Gasteiger partial charge in [0.2, 0.25) is 0 Å². The molecule has 0 saturated heterocycles. The third-order valence-electron chi connectivity index (χ3n) is 2.23. The first-order valence-electron chi connectivity index (χ1n) is 4.26. The SMILES string of the molecule is CC[C@@](O)(c1ccccc1)C(F)(F)F. The molecule has 0 amide bonds. The van der Waals surface area contributed by atoms with Crippen LogP contribution in [0.2, 0.25) is 0 Å². The number of alkyl halides is 3. The van der Waals surface area contributed by atoms with Crippen molar-refractivity contribution < 1.29 is 18.3 Å². The molecule has 1 N–H and O–H groups in total. The first-order chi connectivity index (χ1) is 6.42. The van der Waals surface area contributed by atoms with Gasteiger partial charge in [-0.2, -0.15) is 13.2 Å². The first kappa shape index (κ1) is 11.0. The average molecular weight is 204 g/mol. The van der Waals surface area contributed by atoms with Gasteiger partial charge in [0, 0.05) is 0 Å². The lowest BCUT2D eigenvalue weighted by atomic mass is 9.90. The molecule has 1 aromatic carbocycles. The number of benzene rings is 1. The summed E-state index contributed by atoms with van der Waals surface area (Å²) in [6.45, 7) is 1.31. The summed E-state index contributed by atoms with van der Waals surface area (Å²) >= 11 is 0. The second-order valence-electron chi connectivity index (χ2n) is 3.08. The fraction of sp³-hybridized carbons (Fsp3) is 0.400. The summed E-state index contributed by atoms with van der Waals surface area (Å²) in [4.78, 5) is 0. The molecule has 0 unspecified atom stereocenters. The third-order valence-corrected chi connectivity index (χ3v) is 2.23. The van der Waals surface area contributed by atoms with Gasteiger partial charge in [-0.1, -0.05) is 37.3 Å². The van der Waals surface area contributed by atoms with Crippen LogP contribution in [-0.4, -0.2) is 11.3 Å². The highest BCUT2D eigenvalue weighted by Crippen LogP contribution is 2.41. The van der Waals surface area contributed by atoms with E-state index < -0.39 is 11.8 Å². The topological polar surface area (TPSA) is 20.2 Å². The molecule has 0 spiro atoms. The normalized spacial score (nSPS) is 16.4. The zero-order valence-electron chi connectivity index (χ0n) is 7.67. The van der Waals surface area contributed by atoms with Gasteiger partial charge in [-0.05, 0) is 12.0 Å². The van der Waals surface area contributed by atoms with Crippen molar-refractivity contribution in [1.82, 2.24) is 0 Å². The summed E-state index contributed by atoms with van der Waals surface area (Å²) in [6.07, 6.45) is -5.02. The molecule has 0 heterocycles. The molecule has 1 atom stereocenters. The zero-order chi connectivity index (χ0) is 10.8. The maximum atomic E-state index is 12.5. The Bertz CT molecular complexity index is 294. The van der Waals surface area contributed by atoms with E-state index in [2.05, 4.69) is 0 Å². The molecule has 0 fully saturated rings. The van der Waals surface area contributed by atoms with Gasteiger partial charge in [0.05, 0.1) is 0 Å². The van der Waals surface area contributed by atoms with Gasteiger partial charge in [-0.3, -0.25) is 0 Å². The number of rotatable bonds is 2. The summed E-state index contributed by atoms with van der Waals surface area (Å²) in [5, 5.41) is 9.50. The fourth-order valence-electron chi connectivity index (χ4n) is 1.28. The number of aliphatic hydroxyl groups is 1. The predicted molar refractivity (Wildman–Crippen MR) is 46.7 cm³/mol. The van der Waals surface area contributed by atoms with Crippen LogP contribution in [0.3, 0.4) is 0 Å². The van der Waals surface area contributed by atoms with E-state index in [-0.39, 0.29) is 12.0 Å². The summed E-state index contributed by atoms with van der Waals surface area (Å²) in [6, 6.07) is 7.10. The monoisotopic (exact) mass is 204 g/mol. The Hall–Kier alpha value is -1.03. The summed E-state index contributed by atoms with van der Waals surface area (Å²) in [5.41, 5.74) is -2.84. The van der Waals surface area contributed by atoms with Crippen LogP contribution in [0.5, 0.6) is 0 Å². The molecule has 0 aliphatic carbocycles. The molecular formula is C10H11F3O. The largest absolute Gasteiger partial charge is 0.421 e. The third kappa shape index (κ3) is 1.75. The number of halogens is 3. The summed E-state index contributed by atoms with van der Waals surface area (Å²) in [5.74, 6) is 0. The highest BCUT2D eigenvalue weighted by molar-refractivity contribution is 5.23. The van der Waals surface area contributed by atoms with Crippen LogP contribution in [0.1, 0.15) is 18.9 Å². The van der Waals surface area contributed by atoms with Crippen molar-refractivity contribution in [1.29, 1.82) is 0 Å². The minimum absolute atomic E-state index is 0.116. The van der Waals surface area contributed by atoms with Crippen LogP contribution in [0.4, 0.5) is 13.2 Å². The van der Waals surface area contributed by atoms with Crippen LogP contribution >= 0.6 is 0 Å². The lowest BCUT2D eigenvalue weighted by molar-refractivity contribution is -0.267. The first-order valence-corrected chi connectivity index (χ1v) is 4.26. The van der Waals surface area contributed by atoms with Gasteiger partial charge in [-0.15, -0.1) is 0 Å². The van der Waals surface area contributed by atoms with Crippen molar-refractivity contribution in [2.75, 3.05) is 0 Å². The summed E-state index contributed by atoms with van der Waals surface area (Å²) in [7, 11) is 0. The Morgan fingerprint density at radius 1 is 1.14 bits per heavy atom. The second kappa shape index (κ2) is 3.61. The van der Waals surface area contributed by atoms with Crippen molar-refractivity contribution in [3.63, 3.8) is 0 Å². The molecular weight excluding hydrogens is 193 g/mol. The standard InChI is InChI=1S/C10H11F3O/c1-2-9(14,10(11,12)13)8-6-4-3-5-7-8/h3-7,14H,2H2,1H3/t9-/m1/s1. The molecule has 1 rings (SSSR count). The molecule has 0 aliphatic heterocycles. The second-order valence-corrected chi connectivity index (χ2v) is 3.08.